The summed E-state index contributed by atoms with van der Waals surface area (Å²) in [5, 5.41) is 0. The molecule has 0 saturated carbocycles. The van der Waals surface area contributed by atoms with Crippen molar-refractivity contribution < 1.29 is 0 Å². The van der Waals surface area contributed by atoms with Gasteiger partial charge in [-0.15, -0.1) is 0 Å². The second-order valence-corrected chi connectivity index (χ2v) is 9.40. The van der Waals surface area contributed by atoms with Crippen molar-refractivity contribution >= 4 is 12.2 Å². The fourth-order valence-electron chi connectivity index (χ4n) is 5.32. The van der Waals surface area contributed by atoms with E-state index in [0.717, 1.165) is 18.4 Å². The van der Waals surface area contributed by atoms with Gasteiger partial charge in [-0.25, -0.2) is 0 Å². The molecule has 0 unspecified atom stereocenters. The zero-order chi connectivity index (χ0) is 24.4. The lowest BCUT2D eigenvalue weighted by atomic mass is 9.86. The number of allylic oxidation sites excluding steroid dienone is 3. The molecule has 1 nitrogen and oxygen atoms in total. The summed E-state index contributed by atoms with van der Waals surface area (Å²) in [7, 11) is 0. The minimum absolute atomic E-state index is 0.336. The predicted octanol–water partition coefficient (Wildman–Crippen LogP) is 9.00. The zero-order valence-corrected chi connectivity index (χ0v) is 20.8. The molecule has 0 bridgehead atoms. The fourth-order valence-corrected chi connectivity index (χ4v) is 5.32. The monoisotopic (exact) mass is 453 g/mol. The lowest BCUT2D eigenvalue weighted by Crippen LogP contribution is -2.07. The van der Waals surface area contributed by atoms with Gasteiger partial charge >= 0.3 is 0 Å². The number of para-hydroxylation sites is 1. The van der Waals surface area contributed by atoms with Gasteiger partial charge in [-0.1, -0.05) is 105 Å². The van der Waals surface area contributed by atoms with E-state index in [0.29, 0.717) is 5.92 Å². The highest BCUT2D eigenvalue weighted by atomic mass is 15.0. The van der Waals surface area contributed by atoms with E-state index in [1.807, 2.05) is 12.2 Å². The van der Waals surface area contributed by atoms with E-state index in [9.17, 15) is 0 Å². The zero-order valence-electron chi connectivity index (χ0n) is 20.8. The van der Waals surface area contributed by atoms with Crippen LogP contribution in [-0.4, -0.2) is 4.57 Å². The molecule has 0 aliphatic heterocycles. The topological polar surface area (TPSA) is 4.93 Å². The van der Waals surface area contributed by atoms with Crippen LogP contribution in [0.25, 0.3) is 40.1 Å². The normalized spacial score (nSPS) is 12.7. The molecule has 172 valence electrons. The van der Waals surface area contributed by atoms with Crippen molar-refractivity contribution in [1.29, 1.82) is 0 Å². The molecule has 0 atom stereocenters. The number of fused-ring (bicyclic) bond motifs is 1. The molecule has 5 rings (SSSR count). The van der Waals surface area contributed by atoms with Crippen molar-refractivity contribution in [3.8, 4) is 27.9 Å². The first-order chi connectivity index (χ1) is 17.1. The smallest absolute Gasteiger partial charge is 0.0543 e. The Morgan fingerprint density at radius 1 is 1.00 bits per heavy atom. The molecule has 0 N–H and O–H groups in total. The summed E-state index contributed by atoms with van der Waals surface area (Å²) in [6.07, 6.45) is 12.7. The van der Waals surface area contributed by atoms with E-state index < -0.39 is 0 Å². The highest BCUT2D eigenvalue weighted by molar-refractivity contribution is 5.83. The molecule has 0 spiro atoms. The predicted molar refractivity (Wildman–Crippen MR) is 150 cm³/mol. The quantitative estimate of drug-likeness (QED) is 0.257. The van der Waals surface area contributed by atoms with E-state index in [4.69, 9.17) is 0 Å². The van der Waals surface area contributed by atoms with Crippen molar-refractivity contribution in [3.05, 3.63) is 126 Å². The molecule has 1 heteroatoms. The van der Waals surface area contributed by atoms with Gasteiger partial charge in [0.15, 0.2) is 0 Å². The molecule has 35 heavy (non-hydrogen) atoms. The lowest BCUT2D eigenvalue weighted by molar-refractivity contribution is 0.864. The van der Waals surface area contributed by atoms with Crippen molar-refractivity contribution in [2.75, 3.05) is 0 Å². The minimum Gasteiger partial charge on any atom is -0.313 e. The Balaban J connectivity index is 1.80. The van der Waals surface area contributed by atoms with Gasteiger partial charge in [0.25, 0.3) is 0 Å². The third kappa shape index (κ3) is 4.07. The third-order valence-corrected chi connectivity index (χ3v) is 6.88. The van der Waals surface area contributed by atoms with Crippen molar-refractivity contribution in [1.82, 2.24) is 4.57 Å². The fraction of sp³-hybridized carbons (Fsp3) is 0.176. The molecule has 1 aliphatic rings. The number of hydrogen-bond acceptors (Lipinski definition) is 0. The summed E-state index contributed by atoms with van der Waals surface area (Å²) in [6.45, 7) is 10.7. The first-order valence-electron chi connectivity index (χ1n) is 12.4. The lowest BCUT2D eigenvalue weighted by Gasteiger charge is -2.21. The van der Waals surface area contributed by atoms with E-state index in [1.54, 1.807) is 0 Å². The Bertz CT molecular complexity index is 1430. The van der Waals surface area contributed by atoms with Crippen molar-refractivity contribution in [2.24, 2.45) is 0 Å². The summed E-state index contributed by atoms with van der Waals surface area (Å²) >= 11 is 0. The maximum absolute atomic E-state index is 3.91. The van der Waals surface area contributed by atoms with Gasteiger partial charge in [0, 0.05) is 22.5 Å². The second-order valence-electron chi connectivity index (χ2n) is 9.40. The first-order valence-corrected chi connectivity index (χ1v) is 12.4. The van der Waals surface area contributed by atoms with E-state index in [2.05, 4.69) is 123 Å². The van der Waals surface area contributed by atoms with Gasteiger partial charge in [0.05, 0.1) is 5.69 Å². The molecule has 1 aromatic heterocycles. The SMILES string of the molecule is C=C/C=C\c1c(C)c2c(n1-c1ccccc1-c1c#ccc(-c3ccccc3)c1C(C)C)CCC=C2. The summed E-state index contributed by atoms with van der Waals surface area (Å²) in [5.41, 5.74) is 12.5. The highest BCUT2D eigenvalue weighted by Crippen LogP contribution is 2.40. The van der Waals surface area contributed by atoms with Gasteiger partial charge in [0.2, 0.25) is 0 Å². The van der Waals surface area contributed by atoms with Crippen LogP contribution in [0.1, 0.15) is 54.3 Å². The van der Waals surface area contributed by atoms with Crippen LogP contribution in [0.3, 0.4) is 0 Å². The molecule has 0 radical (unpaired) electrons. The van der Waals surface area contributed by atoms with Crippen LogP contribution >= 0.6 is 0 Å². The van der Waals surface area contributed by atoms with Crippen LogP contribution in [-0.2, 0) is 6.42 Å². The Morgan fingerprint density at radius 3 is 2.54 bits per heavy atom. The first kappa shape index (κ1) is 22.8. The van der Waals surface area contributed by atoms with Gasteiger partial charge < -0.3 is 4.57 Å². The standard InChI is InChI=1S/C34H31N/c1-5-6-21-31-25(4)27-17-10-12-22-32(27)35(31)33-23-13-11-18-29(33)30-20-14-19-28(34(30)24(2)3)26-15-8-7-9-16-26/h5-11,13,15-19,21,23-24H,1,12,22H2,2-4H3/b21-6-. The van der Waals surface area contributed by atoms with Crippen LogP contribution in [0.15, 0.2) is 85.5 Å². The summed E-state index contributed by atoms with van der Waals surface area (Å²) in [4.78, 5) is 0. The van der Waals surface area contributed by atoms with E-state index in [1.165, 1.54) is 50.5 Å². The largest absolute Gasteiger partial charge is 0.313 e. The van der Waals surface area contributed by atoms with Crippen LogP contribution in [0.2, 0.25) is 0 Å². The van der Waals surface area contributed by atoms with Crippen LogP contribution in [0.5, 0.6) is 0 Å². The van der Waals surface area contributed by atoms with Gasteiger partial charge in [-0.2, -0.15) is 0 Å². The molecule has 0 saturated heterocycles. The minimum atomic E-state index is 0.336. The molecule has 3 aromatic carbocycles. The summed E-state index contributed by atoms with van der Waals surface area (Å²) in [6, 6.07) is 28.3. The molecular weight excluding hydrogens is 422 g/mol. The van der Waals surface area contributed by atoms with E-state index in [-0.39, 0.29) is 0 Å². The van der Waals surface area contributed by atoms with Gasteiger partial charge in [-0.3, -0.25) is 0 Å². The number of nitrogens with zero attached hydrogens (tertiary/aromatic N) is 1. The maximum atomic E-state index is 3.91. The highest BCUT2D eigenvalue weighted by Gasteiger charge is 2.23. The number of hydrogen-bond donors (Lipinski definition) is 0. The average Bonchev–Trinajstić information content (AvgIpc) is 3.18. The van der Waals surface area contributed by atoms with E-state index >= 15 is 0 Å². The summed E-state index contributed by atoms with van der Waals surface area (Å²) in [5.74, 6) is 0.336. The Labute approximate surface area is 209 Å². The Morgan fingerprint density at radius 2 is 1.77 bits per heavy atom. The molecule has 0 amide bonds. The number of benzene rings is 2. The van der Waals surface area contributed by atoms with Gasteiger partial charge in [-0.05, 0) is 71.7 Å². The van der Waals surface area contributed by atoms with Crippen LogP contribution in [0, 0.1) is 19.1 Å². The van der Waals surface area contributed by atoms with Crippen molar-refractivity contribution in [2.45, 2.75) is 39.5 Å². The summed E-state index contributed by atoms with van der Waals surface area (Å²) < 4.78 is 2.45. The average molecular weight is 454 g/mol. The van der Waals surface area contributed by atoms with Gasteiger partial charge in [0.1, 0.15) is 0 Å². The van der Waals surface area contributed by atoms with Crippen LogP contribution < -0.4 is 0 Å². The molecular formula is C34H31N. The van der Waals surface area contributed by atoms with Crippen molar-refractivity contribution in [3.63, 3.8) is 0 Å². The van der Waals surface area contributed by atoms with Crippen LogP contribution in [0.4, 0.5) is 0 Å². The molecule has 1 heterocycles. The molecule has 4 aromatic rings. The molecule has 1 aliphatic carbocycles. The number of aromatic nitrogens is 1. The Hall–Kier alpha value is -4.02. The Kier molecular flexibility index (Phi) is 6.30. The second kappa shape index (κ2) is 9.69. The third-order valence-electron chi connectivity index (χ3n) is 6.88. The number of rotatable bonds is 6. The molecule has 0 fully saturated rings. The maximum Gasteiger partial charge on any atom is 0.0543 e.